The lowest BCUT2D eigenvalue weighted by atomic mass is 10.7. The van der Waals surface area contributed by atoms with E-state index in [-0.39, 0.29) is 0 Å². The molecule has 0 aromatic heterocycles. The zero-order valence-corrected chi connectivity index (χ0v) is 5.18. The molecule has 0 atom stereocenters. The molecule has 9 heavy (non-hydrogen) atoms. The van der Waals surface area contributed by atoms with Gasteiger partial charge in [-0.2, -0.15) is 13.2 Å². The minimum absolute atomic E-state index is 0.367. The Hall–Kier alpha value is -0.390. The highest BCUT2D eigenvalue weighted by Gasteiger charge is 2.41. The molecule has 0 saturated heterocycles. The number of carbonyl (C=O) groups excluding carboxylic acids is 1. The van der Waals surface area contributed by atoms with Gasteiger partial charge >= 0.3 is 12.1 Å². The van der Waals surface area contributed by atoms with Gasteiger partial charge in [0.25, 0.3) is 0 Å². The van der Waals surface area contributed by atoms with Crippen molar-refractivity contribution in [3.05, 3.63) is 0 Å². The molecule has 0 saturated carbocycles. The minimum Gasteiger partial charge on any atom is -0.385 e. The summed E-state index contributed by atoms with van der Waals surface area (Å²) in [6.45, 7) is 0. The zero-order valence-electron chi connectivity index (χ0n) is 4.36. The molecule has 0 aliphatic carbocycles. The summed E-state index contributed by atoms with van der Waals surface area (Å²) in [6.07, 6.45) is -3.65. The van der Waals surface area contributed by atoms with Gasteiger partial charge in [-0.3, -0.25) is 0 Å². The third kappa shape index (κ3) is 3.23. The van der Waals surface area contributed by atoms with E-state index in [2.05, 4.69) is 4.18 Å². The quantitative estimate of drug-likeness (QED) is 0.542. The van der Waals surface area contributed by atoms with E-state index in [1.165, 1.54) is 6.26 Å². The first-order chi connectivity index (χ1) is 3.98. The molecule has 0 fully saturated rings. The normalized spacial score (nSPS) is 11.1. The fourth-order valence-electron chi connectivity index (χ4n) is 0.123. The number of hydrogen-bond donors (Lipinski definition) is 0. The lowest BCUT2D eigenvalue weighted by molar-refractivity contribution is -0.188. The van der Waals surface area contributed by atoms with Crippen LogP contribution in [0.4, 0.5) is 13.2 Å². The summed E-state index contributed by atoms with van der Waals surface area (Å²) in [7, 11) is 0. The van der Waals surface area contributed by atoms with Crippen molar-refractivity contribution in [2.75, 3.05) is 6.26 Å². The fourth-order valence-corrected chi connectivity index (χ4v) is 0.369. The second kappa shape index (κ2) is 2.95. The maximum Gasteiger partial charge on any atom is 0.492 e. The van der Waals surface area contributed by atoms with Crippen LogP contribution in [0.3, 0.4) is 0 Å². The molecule has 0 aliphatic rings. The van der Waals surface area contributed by atoms with E-state index in [0.29, 0.717) is 12.0 Å². The molecule has 0 unspecified atom stereocenters. The van der Waals surface area contributed by atoms with E-state index < -0.39 is 12.1 Å². The number of alkyl halides is 3. The number of carbonyl (C=O) groups is 1. The van der Waals surface area contributed by atoms with Gasteiger partial charge in [-0.15, -0.1) is 0 Å². The molecular weight excluding hydrogens is 157 g/mol. The van der Waals surface area contributed by atoms with Crippen molar-refractivity contribution in [1.82, 2.24) is 0 Å². The average Bonchev–Trinajstić information content (AvgIpc) is 1.64. The first-order valence-electron chi connectivity index (χ1n) is 1.80. The monoisotopic (exact) mass is 160 g/mol. The zero-order chi connectivity index (χ0) is 7.49. The van der Waals surface area contributed by atoms with Gasteiger partial charge in [-0.25, -0.2) is 4.79 Å². The largest absolute Gasteiger partial charge is 0.492 e. The van der Waals surface area contributed by atoms with Crippen LogP contribution in [0.1, 0.15) is 0 Å². The van der Waals surface area contributed by atoms with E-state index in [0.717, 1.165) is 0 Å². The van der Waals surface area contributed by atoms with Crippen molar-refractivity contribution < 1.29 is 22.1 Å². The van der Waals surface area contributed by atoms with Crippen LogP contribution in [0.5, 0.6) is 0 Å². The van der Waals surface area contributed by atoms with E-state index in [4.69, 9.17) is 0 Å². The van der Waals surface area contributed by atoms with E-state index >= 15 is 0 Å². The lowest BCUT2D eigenvalue weighted by Gasteiger charge is -2.01. The third-order valence-electron chi connectivity index (χ3n) is 0.390. The van der Waals surface area contributed by atoms with E-state index in [1.54, 1.807) is 0 Å². The maximum absolute atomic E-state index is 11.1. The highest BCUT2D eigenvalue weighted by atomic mass is 32.2. The van der Waals surface area contributed by atoms with Crippen LogP contribution in [0.25, 0.3) is 0 Å². The Morgan fingerprint density at radius 2 is 2.00 bits per heavy atom. The van der Waals surface area contributed by atoms with Crippen molar-refractivity contribution >= 4 is 18.0 Å². The van der Waals surface area contributed by atoms with Crippen LogP contribution in [0.15, 0.2) is 0 Å². The van der Waals surface area contributed by atoms with Crippen molar-refractivity contribution in [2.24, 2.45) is 0 Å². The summed E-state index contributed by atoms with van der Waals surface area (Å²) in [5, 5.41) is 0. The number of rotatable bonds is 1. The van der Waals surface area contributed by atoms with Gasteiger partial charge in [-0.05, 0) is 0 Å². The summed E-state index contributed by atoms with van der Waals surface area (Å²) < 4.78 is 37.0. The van der Waals surface area contributed by atoms with Gasteiger partial charge in [0.15, 0.2) is 0 Å². The molecule has 0 heterocycles. The van der Waals surface area contributed by atoms with Crippen LogP contribution in [0, 0.1) is 0 Å². The van der Waals surface area contributed by atoms with Gasteiger partial charge in [0.05, 0.1) is 12.0 Å². The molecule has 0 aromatic rings. The average molecular weight is 160 g/mol. The van der Waals surface area contributed by atoms with Gasteiger partial charge in [0.2, 0.25) is 0 Å². The Balaban J connectivity index is 3.74. The molecule has 0 amide bonds. The third-order valence-corrected chi connectivity index (χ3v) is 0.709. The predicted octanol–water partition coefficient (Wildman–Crippen LogP) is 1.37. The standard InChI is InChI=1S/C3H3F3O2S/c1-9-8-2(7)3(4,5)6/h1H3. The fraction of sp³-hybridized carbons (Fsp3) is 0.667. The van der Waals surface area contributed by atoms with Crippen LogP contribution in [0.2, 0.25) is 0 Å². The van der Waals surface area contributed by atoms with E-state index in [1.807, 2.05) is 0 Å². The molecule has 0 aliphatic heterocycles. The molecule has 0 bridgehead atoms. The molecule has 6 heteroatoms. The molecule has 54 valence electrons. The Kier molecular flexibility index (Phi) is 2.83. The van der Waals surface area contributed by atoms with Gasteiger partial charge < -0.3 is 4.18 Å². The molecule has 0 radical (unpaired) electrons. The Bertz CT molecular complexity index is 110. The summed E-state index contributed by atoms with van der Waals surface area (Å²) >= 11 is 0.367. The van der Waals surface area contributed by atoms with Crippen LogP contribution in [-0.2, 0) is 8.98 Å². The summed E-state index contributed by atoms with van der Waals surface area (Å²) in [5.74, 6) is -2.17. The predicted molar refractivity (Wildman–Crippen MR) is 25.7 cm³/mol. The van der Waals surface area contributed by atoms with Crippen molar-refractivity contribution in [3.8, 4) is 0 Å². The van der Waals surface area contributed by atoms with E-state index in [9.17, 15) is 18.0 Å². The molecule has 0 N–H and O–H groups in total. The van der Waals surface area contributed by atoms with Crippen LogP contribution >= 0.6 is 12.0 Å². The second-order valence-electron chi connectivity index (χ2n) is 1.04. The molecule has 0 aromatic carbocycles. The molecule has 0 spiro atoms. The highest BCUT2D eigenvalue weighted by Crippen LogP contribution is 2.18. The number of hydrogen-bond acceptors (Lipinski definition) is 3. The lowest BCUT2D eigenvalue weighted by Crippen LogP contribution is -2.22. The summed E-state index contributed by atoms with van der Waals surface area (Å²) in [5.41, 5.74) is 0. The molecule has 0 rings (SSSR count). The smallest absolute Gasteiger partial charge is 0.385 e. The first kappa shape index (κ1) is 8.61. The highest BCUT2D eigenvalue weighted by molar-refractivity contribution is 7.94. The van der Waals surface area contributed by atoms with Gasteiger partial charge in [0.1, 0.15) is 0 Å². The Morgan fingerprint density at radius 3 is 2.11 bits per heavy atom. The van der Waals surface area contributed by atoms with Crippen LogP contribution < -0.4 is 0 Å². The first-order valence-corrected chi connectivity index (χ1v) is 2.95. The van der Waals surface area contributed by atoms with Gasteiger partial charge in [0, 0.05) is 6.26 Å². The minimum atomic E-state index is -4.87. The Morgan fingerprint density at radius 1 is 1.56 bits per heavy atom. The number of halogens is 3. The summed E-state index contributed by atoms with van der Waals surface area (Å²) in [6, 6.07) is 0. The maximum atomic E-state index is 11.1. The van der Waals surface area contributed by atoms with Crippen molar-refractivity contribution in [1.29, 1.82) is 0 Å². The van der Waals surface area contributed by atoms with Crippen molar-refractivity contribution in [3.63, 3.8) is 0 Å². The molecule has 2 nitrogen and oxygen atoms in total. The van der Waals surface area contributed by atoms with Crippen molar-refractivity contribution in [2.45, 2.75) is 6.18 Å². The second-order valence-corrected chi connectivity index (χ2v) is 1.54. The topological polar surface area (TPSA) is 26.3 Å². The van der Waals surface area contributed by atoms with Gasteiger partial charge in [-0.1, -0.05) is 0 Å². The Labute approximate surface area is 53.6 Å². The SMILES string of the molecule is CSOC(=O)C(F)(F)F. The summed E-state index contributed by atoms with van der Waals surface area (Å²) in [4.78, 5) is 9.70. The molecular formula is C3H3F3O2S. The van der Waals surface area contributed by atoms with Crippen LogP contribution in [-0.4, -0.2) is 18.4 Å².